The van der Waals surface area contributed by atoms with Crippen molar-refractivity contribution >= 4 is 26.0 Å². The summed E-state index contributed by atoms with van der Waals surface area (Å²) in [4.78, 5) is 0. The minimum absolute atomic E-state index is 0.113. The predicted octanol–water partition coefficient (Wildman–Crippen LogP) is 1.85. The van der Waals surface area contributed by atoms with Crippen LogP contribution >= 0.6 is 15.9 Å². The fourth-order valence-corrected chi connectivity index (χ4v) is 2.37. The molecule has 0 amide bonds. The molecule has 0 saturated carbocycles. The minimum atomic E-state index is -3.45. The van der Waals surface area contributed by atoms with Gasteiger partial charge in [0.2, 0.25) is 10.0 Å². The first-order chi connectivity index (χ1) is 6.31. The fraction of sp³-hybridized carbons (Fsp3) is 0.333. The Labute approximate surface area is 92.5 Å². The van der Waals surface area contributed by atoms with Gasteiger partial charge in [0.1, 0.15) is 0 Å². The van der Waals surface area contributed by atoms with Crippen LogP contribution in [0.25, 0.3) is 0 Å². The fourth-order valence-electron chi connectivity index (χ4n) is 1.23. The van der Waals surface area contributed by atoms with E-state index in [-0.39, 0.29) is 5.75 Å². The van der Waals surface area contributed by atoms with Crippen molar-refractivity contribution in [2.24, 2.45) is 5.14 Å². The molecule has 0 saturated heterocycles. The lowest BCUT2D eigenvalue weighted by atomic mass is 10.1. The highest BCUT2D eigenvalue weighted by molar-refractivity contribution is 9.10. The van der Waals surface area contributed by atoms with Crippen molar-refractivity contribution in [2.75, 3.05) is 0 Å². The van der Waals surface area contributed by atoms with Crippen LogP contribution in [-0.4, -0.2) is 8.42 Å². The highest BCUT2D eigenvalue weighted by Gasteiger charge is 2.10. The lowest BCUT2D eigenvalue weighted by Crippen LogP contribution is -2.15. The lowest BCUT2D eigenvalue weighted by molar-refractivity contribution is 0.597. The first-order valence-corrected chi connectivity index (χ1v) is 6.57. The van der Waals surface area contributed by atoms with Crippen LogP contribution in [0.3, 0.4) is 0 Å². The van der Waals surface area contributed by atoms with Gasteiger partial charge in [-0.15, -0.1) is 0 Å². The topological polar surface area (TPSA) is 60.2 Å². The molecule has 0 fully saturated rings. The summed E-state index contributed by atoms with van der Waals surface area (Å²) in [5.74, 6) is -0.113. The maximum Gasteiger partial charge on any atom is 0.213 e. The molecule has 5 heteroatoms. The van der Waals surface area contributed by atoms with Crippen molar-refractivity contribution in [3.8, 4) is 0 Å². The number of nitrogens with two attached hydrogens (primary N) is 1. The highest BCUT2D eigenvalue weighted by atomic mass is 79.9. The summed E-state index contributed by atoms with van der Waals surface area (Å²) in [5, 5.41) is 4.98. The van der Waals surface area contributed by atoms with Gasteiger partial charge < -0.3 is 0 Å². The van der Waals surface area contributed by atoms with Crippen LogP contribution in [0, 0.1) is 13.8 Å². The molecule has 0 bridgehead atoms. The predicted molar refractivity (Wildman–Crippen MR) is 60.4 cm³/mol. The molecule has 0 aliphatic heterocycles. The Hall–Kier alpha value is -0.390. The monoisotopic (exact) mass is 277 g/mol. The minimum Gasteiger partial charge on any atom is -0.228 e. The van der Waals surface area contributed by atoms with E-state index in [1.165, 1.54) is 0 Å². The second-order valence-electron chi connectivity index (χ2n) is 3.29. The van der Waals surface area contributed by atoms with Crippen molar-refractivity contribution in [3.63, 3.8) is 0 Å². The average molecular weight is 278 g/mol. The van der Waals surface area contributed by atoms with E-state index in [0.29, 0.717) is 0 Å². The molecule has 0 atom stereocenters. The van der Waals surface area contributed by atoms with Gasteiger partial charge in [-0.05, 0) is 30.5 Å². The van der Waals surface area contributed by atoms with Gasteiger partial charge >= 0.3 is 0 Å². The molecule has 14 heavy (non-hydrogen) atoms. The molecule has 0 heterocycles. The molecule has 0 aliphatic carbocycles. The van der Waals surface area contributed by atoms with Crippen molar-refractivity contribution in [1.82, 2.24) is 0 Å². The molecule has 3 nitrogen and oxygen atoms in total. The van der Waals surface area contributed by atoms with Gasteiger partial charge in [0.05, 0.1) is 5.75 Å². The Morgan fingerprint density at radius 1 is 1.36 bits per heavy atom. The molecular formula is C9H12BrNO2S. The maximum atomic E-state index is 10.9. The maximum absolute atomic E-state index is 10.9. The van der Waals surface area contributed by atoms with E-state index in [1.807, 2.05) is 19.9 Å². The van der Waals surface area contributed by atoms with Crippen LogP contribution in [0.1, 0.15) is 16.7 Å². The summed E-state index contributed by atoms with van der Waals surface area (Å²) >= 11 is 3.40. The number of hydrogen-bond acceptors (Lipinski definition) is 2. The normalized spacial score (nSPS) is 11.7. The van der Waals surface area contributed by atoms with Gasteiger partial charge in [-0.25, -0.2) is 13.6 Å². The number of aryl methyl sites for hydroxylation is 1. The smallest absolute Gasteiger partial charge is 0.213 e. The number of benzene rings is 1. The van der Waals surface area contributed by atoms with E-state index in [0.717, 1.165) is 21.2 Å². The van der Waals surface area contributed by atoms with Crippen molar-refractivity contribution < 1.29 is 8.42 Å². The first-order valence-electron chi connectivity index (χ1n) is 4.06. The Morgan fingerprint density at radius 2 is 1.93 bits per heavy atom. The van der Waals surface area contributed by atoms with Gasteiger partial charge in [0.25, 0.3) is 0 Å². The second kappa shape index (κ2) is 4.00. The molecule has 1 aromatic rings. The number of primary sulfonamides is 1. The number of sulfonamides is 1. The Kier molecular flexibility index (Phi) is 3.34. The summed E-state index contributed by atoms with van der Waals surface area (Å²) in [5.41, 5.74) is 2.75. The molecule has 2 N–H and O–H groups in total. The van der Waals surface area contributed by atoms with Crippen LogP contribution in [0.5, 0.6) is 0 Å². The number of rotatable bonds is 2. The summed E-state index contributed by atoms with van der Waals surface area (Å²) < 4.78 is 22.8. The largest absolute Gasteiger partial charge is 0.228 e. The molecule has 0 unspecified atom stereocenters. The zero-order valence-corrected chi connectivity index (χ0v) is 10.4. The van der Waals surface area contributed by atoms with Crippen molar-refractivity contribution in [3.05, 3.63) is 33.3 Å². The van der Waals surface area contributed by atoms with E-state index in [2.05, 4.69) is 15.9 Å². The zero-order chi connectivity index (χ0) is 10.9. The van der Waals surface area contributed by atoms with Gasteiger partial charge in [-0.2, -0.15) is 0 Å². The van der Waals surface area contributed by atoms with Gasteiger partial charge in [-0.1, -0.05) is 28.1 Å². The summed E-state index contributed by atoms with van der Waals surface area (Å²) in [7, 11) is -3.45. The number of hydrogen-bond donors (Lipinski definition) is 1. The lowest BCUT2D eigenvalue weighted by Gasteiger charge is -2.08. The van der Waals surface area contributed by atoms with E-state index in [4.69, 9.17) is 5.14 Å². The molecule has 0 aromatic heterocycles. The van der Waals surface area contributed by atoms with Crippen molar-refractivity contribution in [1.29, 1.82) is 0 Å². The Balaban J connectivity index is 3.19. The standard InChI is InChI=1S/C9H12BrNO2S/c1-6-3-4-8(5-14(11,12)13)7(2)9(6)10/h3-4H,5H2,1-2H3,(H2,11,12,13). The van der Waals surface area contributed by atoms with Crippen LogP contribution in [0.15, 0.2) is 16.6 Å². The van der Waals surface area contributed by atoms with Crippen LogP contribution in [0.4, 0.5) is 0 Å². The molecule has 78 valence electrons. The van der Waals surface area contributed by atoms with Crippen molar-refractivity contribution in [2.45, 2.75) is 19.6 Å². The van der Waals surface area contributed by atoms with Gasteiger partial charge in [-0.3, -0.25) is 0 Å². The van der Waals surface area contributed by atoms with Crippen LogP contribution < -0.4 is 5.14 Å². The molecule has 0 spiro atoms. The Morgan fingerprint density at radius 3 is 2.43 bits per heavy atom. The molecule has 0 aliphatic rings. The molecule has 1 rings (SSSR count). The highest BCUT2D eigenvalue weighted by Crippen LogP contribution is 2.24. The second-order valence-corrected chi connectivity index (χ2v) is 5.70. The van der Waals surface area contributed by atoms with Crippen LogP contribution in [-0.2, 0) is 15.8 Å². The third-order valence-electron chi connectivity index (χ3n) is 2.05. The summed E-state index contributed by atoms with van der Waals surface area (Å²) in [6.07, 6.45) is 0. The molecule has 0 radical (unpaired) electrons. The van der Waals surface area contributed by atoms with E-state index in [9.17, 15) is 8.42 Å². The first kappa shape index (κ1) is 11.7. The molecular weight excluding hydrogens is 266 g/mol. The van der Waals surface area contributed by atoms with Crippen LogP contribution in [0.2, 0.25) is 0 Å². The zero-order valence-electron chi connectivity index (χ0n) is 8.04. The summed E-state index contributed by atoms with van der Waals surface area (Å²) in [6.45, 7) is 3.83. The van der Waals surface area contributed by atoms with Gasteiger partial charge in [0, 0.05) is 4.47 Å². The summed E-state index contributed by atoms with van der Waals surface area (Å²) in [6, 6.07) is 3.66. The third kappa shape index (κ3) is 2.80. The van der Waals surface area contributed by atoms with E-state index < -0.39 is 10.0 Å². The van der Waals surface area contributed by atoms with Gasteiger partial charge in [0.15, 0.2) is 0 Å². The average Bonchev–Trinajstić information content (AvgIpc) is 2.04. The van der Waals surface area contributed by atoms with E-state index >= 15 is 0 Å². The number of halogens is 1. The van der Waals surface area contributed by atoms with E-state index in [1.54, 1.807) is 6.07 Å². The quantitative estimate of drug-likeness (QED) is 0.897. The third-order valence-corrected chi connectivity index (χ3v) is 3.98. The molecule has 1 aromatic carbocycles. The Bertz CT molecular complexity index is 454. The SMILES string of the molecule is Cc1ccc(CS(N)(=O)=O)c(C)c1Br.